The molecule has 0 radical (unpaired) electrons. The van der Waals surface area contributed by atoms with Crippen LogP contribution in [0.5, 0.6) is 0 Å². The second-order valence-electron chi connectivity index (χ2n) is 6.17. The molecule has 1 aliphatic heterocycles. The average molecular weight is 379 g/mol. The van der Waals surface area contributed by atoms with Gasteiger partial charge in [0.1, 0.15) is 6.61 Å². The van der Waals surface area contributed by atoms with Crippen LogP contribution in [0.1, 0.15) is 24.0 Å². The first-order chi connectivity index (χ1) is 11.6. The van der Waals surface area contributed by atoms with E-state index in [0.717, 1.165) is 5.56 Å². The Labute approximate surface area is 144 Å². The van der Waals surface area contributed by atoms with E-state index < -0.39 is 22.6 Å². The number of rotatable bonds is 7. The lowest BCUT2D eigenvalue weighted by atomic mass is 10.0. The molecule has 1 fully saturated rings. The van der Waals surface area contributed by atoms with Crippen LogP contribution in [-0.2, 0) is 32.5 Å². The van der Waals surface area contributed by atoms with E-state index in [1.165, 1.54) is 0 Å². The van der Waals surface area contributed by atoms with Crippen LogP contribution < -0.4 is 5.32 Å². The summed E-state index contributed by atoms with van der Waals surface area (Å²) in [5, 5.41) is 2.72. The number of carbonyl (C=O) groups excluding carboxylic acids is 1. The summed E-state index contributed by atoms with van der Waals surface area (Å²) < 4.78 is 63.3. The Hall–Kier alpha value is -1.61. The van der Waals surface area contributed by atoms with E-state index in [1.807, 2.05) is 0 Å². The lowest BCUT2D eigenvalue weighted by molar-refractivity contribution is -0.176. The third-order valence-electron chi connectivity index (χ3n) is 3.85. The Bertz CT molecular complexity index is 686. The molecule has 140 valence electrons. The van der Waals surface area contributed by atoms with Crippen molar-refractivity contribution in [1.82, 2.24) is 5.32 Å². The summed E-state index contributed by atoms with van der Waals surface area (Å²) in [5.74, 6) is -0.131. The maximum absolute atomic E-state index is 12.0. The molecule has 0 spiro atoms. The van der Waals surface area contributed by atoms with E-state index in [4.69, 9.17) is 0 Å². The SMILES string of the molecule is O=C(CC1CCS(=O)(=O)C1)NCc1ccc(COCC(F)(F)F)cc1. The third-order valence-corrected chi connectivity index (χ3v) is 5.68. The van der Waals surface area contributed by atoms with Crippen LogP contribution in [0.4, 0.5) is 13.2 Å². The fourth-order valence-corrected chi connectivity index (χ4v) is 4.47. The molecule has 1 saturated heterocycles. The number of amides is 1. The Morgan fingerprint density at radius 1 is 1.20 bits per heavy atom. The van der Waals surface area contributed by atoms with Gasteiger partial charge in [-0.2, -0.15) is 13.2 Å². The van der Waals surface area contributed by atoms with E-state index >= 15 is 0 Å². The van der Waals surface area contributed by atoms with Crippen molar-refractivity contribution in [2.24, 2.45) is 5.92 Å². The topological polar surface area (TPSA) is 72.5 Å². The Kier molecular flexibility index (Phi) is 6.45. The van der Waals surface area contributed by atoms with E-state index in [-0.39, 0.29) is 42.9 Å². The van der Waals surface area contributed by atoms with Crippen LogP contribution >= 0.6 is 0 Å². The van der Waals surface area contributed by atoms with Crippen molar-refractivity contribution in [1.29, 1.82) is 0 Å². The van der Waals surface area contributed by atoms with Crippen molar-refractivity contribution >= 4 is 15.7 Å². The molecule has 0 bridgehead atoms. The molecular formula is C16H20F3NO4S. The minimum Gasteiger partial charge on any atom is -0.367 e. The molecule has 25 heavy (non-hydrogen) atoms. The fraction of sp³-hybridized carbons (Fsp3) is 0.562. The molecule has 1 unspecified atom stereocenters. The van der Waals surface area contributed by atoms with Crippen molar-refractivity contribution in [3.8, 4) is 0 Å². The maximum Gasteiger partial charge on any atom is 0.411 e. The van der Waals surface area contributed by atoms with Gasteiger partial charge in [-0.15, -0.1) is 0 Å². The molecule has 1 aliphatic rings. The number of sulfone groups is 1. The van der Waals surface area contributed by atoms with Crippen LogP contribution in [0.15, 0.2) is 24.3 Å². The molecule has 1 amide bonds. The van der Waals surface area contributed by atoms with Crippen LogP contribution in [0.2, 0.25) is 0 Å². The third kappa shape index (κ3) is 7.43. The Morgan fingerprint density at radius 2 is 1.84 bits per heavy atom. The number of alkyl halides is 3. The van der Waals surface area contributed by atoms with Gasteiger partial charge >= 0.3 is 6.18 Å². The number of carbonyl (C=O) groups is 1. The minimum absolute atomic E-state index is 0.0625. The lowest BCUT2D eigenvalue weighted by Crippen LogP contribution is -2.25. The molecule has 2 rings (SSSR count). The van der Waals surface area contributed by atoms with Crippen molar-refractivity contribution in [3.05, 3.63) is 35.4 Å². The second kappa shape index (κ2) is 8.18. The molecule has 0 saturated carbocycles. The molecule has 0 aromatic heterocycles. The van der Waals surface area contributed by atoms with Gasteiger partial charge in [0.2, 0.25) is 5.91 Å². The smallest absolute Gasteiger partial charge is 0.367 e. The van der Waals surface area contributed by atoms with Crippen molar-refractivity contribution in [2.45, 2.75) is 32.2 Å². The maximum atomic E-state index is 12.0. The first-order valence-electron chi connectivity index (χ1n) is 7.82. The van der Waals surface area contributed by atoms with Gasteiger partial charge in [-0.3, -0.25) is 4.79 Å². The number of hydrogen-bond donors (Lipinski definition) is 1. The largest absolute Gasteiger partial charge is 0.411 e. The quantitative estimate of drug-likeness (QED) is 0.788. The highest BCUT2D eigenvalue weighted by molar-refractivity contribution is 7.91. The highest BCUT2D eigenvalue weighted by atomic mass is 32.2. The minimum atomic E-state index is -4.34. The van der Waals surface area contributed by atoms with E-state index in [1.54, 1.807) is 24.3 Å². The first-order valence-corrected chi connectivity index (χ1v) is 9.64. The van der Waals surface area contributed by atoms with Gasteiger partial charge in [0.05, 0.1) is 18.1 Å². The lowest BCUT2D eigenvalue weighted by Gasteiger charge is -2.10. The normalized spacial score (nSPS) is 19.7. The van der Waals surface area contributed by atoms with Gasteiger partial charge in [-0.05, 0) is 23.5 Å². The highest BCUT2D eigenvalue weighted by Crippen LogP contribution is 2.21. The highest BCUT2D eigenvalue weighted by Gasteiger charge is 2.29. The van der Waals surface area contributed by atoms with Gasteiger partial charge in [-0.25, -0.2) is 8.42 Å². The van der Waals surface area contributed by atoms with Gasteiger partial charge < -0.3 is 10.1 Å². The van der Waals surface area contributed by atoms with E-state index in [0.29, 0.717) is 12.0 Å². The summed E-state index contributed by atoms with van der Waals surface area (Å²) in [6, 6.07) is 6.68. The number of halogens is 3. The molecule has 5 nitrogen and oxygen atoms in total. The molecule has 1 aromatic rings. The van der Waals surface area contributed by atoms with Crippen molar-refractivity contribution < 1.29 is 31.1 Å². The predicted octanol–water partition coefficient (Wildman–Crippen LogP) is 2.21. The van der Waals surface area contributed by atoms with E-state index in [9.17, 15) is 26.4 Å². The molecule has 1 atom stereocenters. The summed E-state index contributed by atoms with van der Waals surface area (Å²) in [6.07, 6.45) is -3.64. The van der Waals surface area contributed by atoms with Crippen LogP contribution in [0.3, 0.4) is 0 Å². The summed E-state index contributed by atoms with van der Waals surface area (Å²) >= 11 is 0. The van der Waals surface area contributed by atoms with Gasteiger partial charge in [0.15, 0.2) is 9.84 Å². The number of nitrogens with one attached hydrogen (secondary N) is 1. The molecule has 9 heteroatoms. The Morgan fingerprint density at radius 3 is 2.40 bits per heavy atom. The molecule has 0 aliphatic carbocycles. The predicted molar refractivity (Wildman–Crippen MR) is 85.4 cm³/mol. The average Bonchev–Trinajstić information content (AvgIpc) is 2.84. The molecule has 1 aromatic carbocycles. The zero-order valence-corrected chi connectivity index (χ0v) is 14.3. The summed E-state index contributed by atoms with van der Waals surface area (Å²) in [5.41, 5.74) is 1.41. The number of benzene rings is 1. The van der Waals surface area contributed by atoms with Gasteiger partial charge in [-0.1, -0.05) is 24.3 Å². The summed E-state index contributed by atoms with van der Waals surface area (Å²) in [6.45, 7) is -1.15. The fourth-order valence-electron chi connectivity index (χ4n) is 2.61. The molecule has 1 N–H and O–H groups in total. The molecular weight excluding hydrogens is 359 g/mol. The van der Waals surface area contributed by atoms with Crippen LogP contribution in [0, 0.1) is 5.92 Å². The molecule has 1 heterocycles. The van der Waals surface area contributed by atoms with Crippen molar-refractivity contribution in [3.63, 3.8) is 0 Å². The zero-order chi connectivity index (χ0) is 18.5. The Balaban J connectivity index is 1.71. The number of ether oxygens (including phenoxy) is 1. The first kappa shape index (κ1) is 19.7. The number of hydrogen-bond acceptors (Lipinski definition) is 4. The van der Waals surface area contributed by atoms with Gasteiger partial charge in [0, 0.05) is 13.0 Å². The monoisotopic (exact) mass is 379 g/mol. The summed E-state index contributed by atoms with van der Waals surface area (Å²) in [4.78, 5) is 11.9. The standard InChI is InChI=1S/C16H20F3NO4S/c17-16(18,19)11-24-9-13-3-1-12(2-4-13)8-20-15(21)7-14-5-6-25(22,23)10-14/h1-4,14H,5-11H2,(H,20,21). The van der Waals surface area contributed by atoms with Crippen molar-refractivity contribution in [2.75, 3.05) is 18.1 Å². The van der Waals surface area contributed by atoms with Crippen LogP contribution in [0.25, 0.3) is 0 Å². The van der Waals surface area contributed by atoms with Crippen LogP contribution in [-0.4, -0.2) is 38.6 Å². The van der Waals surface area contributed by atoms with Gasteiger partial charge in [0.25, 0.3) is 0 Å². The second-order valence-corrected chi connectivity index (χ2v) is 8.40. The van der Waals surface area contributed by atoms with E-state index in [2.05, 4.69) is 10.1 Å². The summed E-state index contributed by atoms with van der Waals surface area (Å²) in [7, 11) is -2.99. The zero-order valence-electron chi connectivity index (χ0n) is 13.5.